The molecular weight excluding hydrogens is 446 g/mol. The van der Waals surface area contributed by atoms with Gasteiger partial charge in [0.25, 0.3) is 5.91 Å². The summed E-state index contributed by atoms with van der Waals surface area (Å²) in [4.78, 5) is 30.9. The van der Waals surface area contributed by atoms with Crippen LogP contribution in [0, 0.1) is 6.92 Å². The van der Waals surface area contributed by atoms with Gasteiger partial charge < -0.3 is 10.1 Å². The van der Waals surface area contributed by atoms with Crippen LogP contribution in [0.15, 0.2) is 73.1 Å². The monoisotopic (exact) mass is 467 g/mol. The molecule has 5 rings (SSSR count). The van der Waals surface area contributed by atoms with Crippen molar-refractivity contribution < 1.29 is 14.3 Å². The third-order valence-electron chi connectivity index (χ3n) is 5.30. The van der Waals surface area contributed by atoms with Gasteiger partial charge in [-0.05, 0) is 44.2 Å². The normalized spacial score (nSPS) is 10.9. The fourth-order valence-corrected chi connectivity index (χ4v) is 3.67. The van der Waals surface area contributed by atoms with Gasteiger partial charge in [0.2, 0.25) is 0 Å². The molecule has 0 bridgehead atoms. The molecule has 1 N–H and O–H groups in total. The van der Waals surface area contributed by atoms with E-state index in [4.69, 9.17) is 4.74 Å². The molecule has 3 heterocycles. The van der Waals surface area contributed by atoms with Gasteiger partial charge in [0.05, 0.1) is 29.9 Å². The Morgan fingerprint density at radius 2 is 1.86 bits per heavy atom. The first-order valence-corrected chi connectivity index (χ1v) is 11.0. The van der Waals surface area contributed by atoms with Crippen LogP contribution < -0.4 is 5.32 Å². The highest BCUT2D eigenvalue weighted by atomic mass is 16.5. The molecule has 2 aromatic carbocycles. The number of benzene rings is 2. The molecule has 0 aliphatic heterocycles. The zero-order valence-electron chi connectivity index (χ0n) is 19.0. The fourth-order valence-electron chi connectivity index (χ4n) is 3.67. The van der Waals surface area contributed by atoms with E-state index < -0.39 is 5.97 Å². The minimum atomic E-state index is -0.480. The maximum absolute atomic E-state index is 13.0. The van der Waals surface area contributed by atoms with Crippen LogP contribution in [0.5, 0.6) is 0 Å². The van der Waals surface area contributed by atoms with Gasteiger partial charge in [0, 0.05) is 17.4 Å². The Morgan fingerprint density at radius 1 is 1.03 bits per heavy atom. The summed E-state index contributed by atoms with van der Waals surface area (Å²) in [6.07, 6.45) is 3.04. The van der Waals surface area contributed by atoms with E-state index in [-0.39, 0.29) is 23.8 Å². The zero-order chi connectivity index (χ0) is 24.4. The molecule has 0 atom stereocenters. The van der Waals surface area contributed by atoms with Crippen molar-refractivity contribution in [2.24, 2.45) is 0 Å². The molecule has 174 valence electrons. The van der Waals surface area contributed by atoms with Crippen molar-refractivity contribution in [1.29, 1.82) is 0 Å². The molecule has 0 aliphatic rings. The van der Waals surface area contributed by atoms with E-state index in [0.717, 1.165) is 11.3 Å². The number of ether oxygens (including phenoxy) is 1. The van der Waals surface area contributed by atoms with E-state index in [1.807, 2.05) is 48.5 Å². The standard InChI is InChI=1S/C25H21N7O3/c1-3-35-25(34)20-15-27-31-21(12-13-26-23(20)31)17-8-7-9-18(14-17)28-24(33)22-16(2)29-32(30-22)19-10-5-4-6-11-19/h4-15H,3H2,1-2H3,(H,28,33). The Labute approximate surface area is 200 Å². The number of carbonyl (C=O) groups is 2. The second-order valence-corrected chi connectivity index (χ2v) is 7.64. The first-order valence-electron chi connectivity index (χ1n) is 11.0. The largest absolute Gasteiger partial charge is 0.462 e. The maximum Gasteiger partial charge on any atom is 0.343 e. The van der Waals surface area contributed by atoms with Gasteiger partial charge >= 0.3 is 5.97 Å². The summed E-state index contributed by atoms with van der Waals surface area (Å²) >= 11 is 0. The van der Waals surface area contributed by atoms with E-state index >= 15 is 0 Å². The molecule has 0 fully saturated rings. The maximum atomic E-state index is 13.0. The molecule has 3 aromatic heterocycles. The third-order valence-corrected chi connectivity index (χ3v) is 5.30. The number of fused-ring (bicyclic) bond motifs is 1. The Bertz CT molecular complexity index is 1540. The van der Waals surface area contributed by atoms with Crippen molar-refractivity contribution in [3.63, 3.8) is 0 Å². The summed E-state index contributed by atoms with van der Waals surface area (Å²) in [5.41, 5.74) is 4.24. The summed E-state index contributed by atoms with van der Waals surface area (Å²) in [5, 5.41) is 15.9. The number of anilines is 1. The van der Waals surface area contributed by atoms with Crippen LogP contribution in [-0.4, -0.2) is 48.1 Å². The van der Waals surface area contributed by atoms with Gasteiger partial charge in [-0.15, -0.1) is 5.10 Å². The van der Waals surface area contributed by atoms with E-state index in [1.54, 1.807) is 36.7 Å². The van der Waals surface area contributed by atoms with Crippen LogP contribution >= 0.6 is 0 Å². The lowest BCUT2D eigenvalue weighted by Crippen LogP contribution is -2.14. The Hall–Kier alpha value is -4.86. The number of rotatable bonds is 6. The number of hydrogen-bond donors (Lipinski definition) is 1. The molecular formula is C25H21N7O3. The summed E-state index contributed by atoms with van der Waals surface area (Å²) in [6.45, 7) is 3.74. The van der Waals surface area contributed by atoms with Gasteiger partial charge in [0.1, 0.15) is 5.56 Å². The first kappa shape index (κ1) is 22.0. The number of nitrogens with zero attached hydrogens (tertiary/aromatic N) is 6. The number of hydrogen-bond acceptors (Lipinski definition) is 7. The molecule has 0 unspecified atom stereocenters. The van der Waals surface area contributed by atoms with E-state index in [2.05, 4.69) is 25.6 Å². The van der Waals surface area contributed by atoms with Crippen LogP contribution in [0.25, 0.3) is 22.6 Å². The second kappa shape index (κ2) is 9.18. The van der Waals surface area contributed by atoms with Crippen LogP contribution in [0.3, 0.4) is 0 Å². The number of carbonyl (C=O) groups excluding carboxylic acids is 2. The molecule has 0 spiro atoms. The number of aryl methyl sites for hydroxylation is 1. The molecule has 10 nitrogen and oxygen atoms in total. The van der Waals surface area contributed by atoms with Crippen molar-refractivity contribution in [3.05, 3.63) is 90.0 Å². The SMILES string of the molecule is CCOC(=O)c1cnn2c(-c3cccc(NC(=O)c4nn(-c5ccccc5)nc4C)c3)ccnc12. The Kier molecular flexibility index (Phi) is 5.76. The lowest BCUT2D eigenvalue weighted by Gasteiger charge is -2.08. The van der Waals surface area contributed by atoms with Crippen LogP contribution in [-0.2, 0) is 4.74 Å². The fraction of sp³-hybridized carbons (Fsp3) is 0.120. The second-order valence-electron chi connectivity index (χ2n) is 7.64. The Balaban J connectivity index is 1.43. The van der Waals surface area contributed by atoms with Gasteiger partial charge in [-0.1, -0.05) is 30.3 Å². The third kappa shape index (κ3) is 4.24. The molecule has 0 saturated heterocycles. The number of aromatic nitrogens is 6. The van der Waals surface area contributed by atoms with Crippen molar-refractivity contribution in [3.8, 4) is 16.9 Å². The summed E-state index contributed by atoms with van der Waals surface area (Å²) in [7, 11) is 0. The van der Waals surface area contributed by atoms with Crippen LogP contribution in [0.1, 0.15) is 33.5 Å². The number of para-hydroxylation sites is 1. The van der Waals surface area contributed by atoms with Crippen molar-refractivity contribution in [2.45, 2.75) is 13.8 Å². The van der Waals surface area contributed by atoms with Crippen molar-refractivity contribution in [2.75, 3.05) is 11.9 Å². The highest BCUT2D eigenvalue weighted by Gasteiger charge is 2.19. The molecule has 0 aliphatic carbocycles. The van der Waals surface area contributed by atoms with E-state index in [9.17, 15) is 9.59 Å². The molecule has 0 saturated carbocycles. The number of esters is 1. The summed E-state index contributed by atoms with van der Waals surface area (Å²) in [6, 6.07) is 18.5. The van der Waals surface area contributed by atoms with Crippen molar-refractivity contribution in [1.82, 2.24) is 29.6 Å². The number of nitrogens with one attached hydrogen (secondary N) is 1. The average molecular weight is 467 g/mol. The zero-order valence-corrected chi connectivity index (χ0v) is 19.0. The van der Waals surface area contributed by atoms with E-state index in [1.165, 1.54) is 11.0 Å². The molecule has 35 heavy (non-hydrogen) atoms. The number of amides is 1. The van der Waals surface area contributed by atoms with Gasteiger partial charge in [0.15, 0.2) is 11.3 Å². The minimum Gasteiger partial charge on any atom is -0.462 e. The first-order chi connectivity index (χ1) is 17.0. The topological polar surface area (TPSA) is 116 Å². The lowest BCUT2D eigenvalue weighted by atomic mass is 10.1. The lowest BCUT2D eigenvalue weighted by molar-refractivity contribution is 0.0528. The molecule has 10 heteroatoms. The average Bonchev–Trinajstić information content (AvgIpc) is 3.49. The van der Waals surface area contributed by atoms with Crippen LogP contribution in [0.4, 0.5) is 5.69 Å². The van der Waals surface area contributed by atoms with Crippen molar-refractivity contribution >= 4 is 23.2 Å². The predicted octanol–water partition coefficient (Wildman–Crippen LogP) is 3.71. The summed E-state index contributed by atoms with van der Waals surface area (Å²) < 4.78 is 6.66. The van der Waals surface area contributed by atoms with Gasteiger partial charge in [-0.25, -0.2) is 14.3 Å². The molecule has 5 aromatic rings. The predicted molar refractivity (Wildman–Crippen MR) is 128 cm³/mol. The van der Waals surface area contributed by atoms with Gasteiger partial charge in [-0.3, -0.25) is 4.79 Å². The Morgan fingerprint density at radius 3 is 2.66 bits per heavy atom. The highest BCUT2D eigenvalue weighted by molar-refractivity contribution is 6.03. The quantitative estimate of drug-likeness (QED) is 0.378. The van der Waals surface area contributed by atoms with E-state index in [0.29, 0.717) is 22.7 Å². The minimum absolute atomic E-state index is 0.233. The van der Waals surface area contributed by atoms with Gasteiger partial charge in [-0.2, -0.15) is 15.0 Å². The molecule has 0 radical (unpaired) electrons. The smallest absolute Gasteiger partial charge is 0.343 e. The van der Waals surface area contributed by atoms with Crippen LogP contribution in [0.2, 0.25) is 0 Å². The molecule has 1 amide bonds. The summed E-state index contributed by atoms with van der Waals surface area (Å²) in [5.74, 6) is -0.850. The highest BCUT2D eigenvalue weighted by Crippen LogP contribution is 2.24.